The minimum absolute atomic E-state index is 0. The maximum atomic E-state index is 12.0. The molecule has 0 saturated carbocycles. The van der Waals surface area contributed by atoms with Gasteiger partial charge in [0, 0.05) is 33.3 Å². The molecule has 0 heterocycles. The molecule has 0 unspecified atom stereocenters. The molecule has 1 aromatic carbocycles. The maximum absolute atomic E-state index is 12.0. The lowest BCUT2D eigenvalue weighted by Gasteiger charge is -2.23. The van der Waals surface area contributed by atoms with E-state index >= 15 is 0 Å². The van der Waals surface area contributed by atoms with Gasteiger partial charge in [0.2, 0.25) is 0 Å². The Morgan fingerprint density at radius 1 is 1.28 bits per heavy atom. The predicted octanol–water partition coefficient (Wildman–Crippen LogP) is 3.98. The molecular formula is C17H27F3IN3O. The second-order valence-corrected chi connectivity index (χ2v) is 5.54. The zero-order valence-corrected chi connectivity index (χ0v) is 17.2. The second-order valence-electron chi connectivity index (χ2n) is 5.54. The van der Waals surface area contributed by atoms with Crippen LogP contribution in [0.3, 0.4) is 0 Å². The van der Waals surface area contributed by atoms with Crippen LogP contribution in [0.15, 0.2) is 29.3 Å². The first-order valence-corrected chi connectivity index (χ1v) is 8.02. The highest BCUT2D eigenvalue weighted by atomic mass is 127. The first kappa shape index (κ1) is 24.0. The molecule has 0 aromatic heterocycles. The van der Waals surface area contributed by atoms with Crippen molar-refractivity contribution in [3.63, 3.8) is 0 Å². The Hall–Kier alpha value is -1.03. The third kappa shape index (κ3) is 10.5. The molecular weight excluding hydrogens is 446 g/mol. The first-order valence-electron chi connectivity index (χ1n) is 8.02. The third-order valence-electron chi connectivity index (χ3n) is 3.34. The van der Waals surface area contributed by atoms with Gasteiger partial charge < -0.3 is 15.0 Å². The van der Waals surface area contributed by atoms with Crippen molar-refractivity contribution in [2.75, 3.05) is 33.4 Å². The Labute approximate surface area is 164 Å². The zero-order chi connectivity index (χ0) is 18.0. The lowest BCUT2D eigenvalue weighted by molar-refractivity contribution is -0.173. The van der Waals surface area contributed by atoms with Crippen LogP contribution in [0.2, 0.25) is 0 Å². The molecule has 144 valence electrons. The highest BCUT2D eigenvalue weighted by Gasteiger charge is 2.27. The van der Waals surface area contributed by atoms with Crippen LogP contribution in [0.5, 0.6) is 0 Å². The van der Waals surface area contributed by atoms with Crippen molar-refractivity contribution in [1.82, 2.24) is 10.2 Å². The van der Waals surface area contributed by atoms with Crippen molar-refractivity contribution < 1.29 is 17.9 Å². The van der Waals surface area contributed by atoms with Gasteiger partial charge in [-0.15, -0.1) is 24.0 Å². The average Bonchev–Trinajstić information content (AvgIpc) is 2.50. The monoisotopic (exact) mass is 473 g/mol. The molecule has 1 aromatic rings. The van der Waals surface area contributed by atoms with E-state index in [1.807, 2.05) is 31.0 Å². The quantitative estimate of drug-likeness (QED) is 0.269. The smallest absolute Gasteiger partial charge is 0.372 e. The maximum Gasteiger partial charge on any atom is 0.411 e. The lowest BCUT2D eigenvalue weighted by atomic mass is 10.1. The number of aliphatic imine (C=N–C) groups is 1. The van der Waals surface area contributed by atoms with Gasteiger partial charge in [-0.1, -0.05) is 24.3 Å². The molecule has 0 aliphatic carbocycles. The molecule has 4 nitrogen and oxygen atoms in total. The van der Waals surface area contributed by atoms with Gasteiger partial charge in [-0.2, -0.15) is 13.2 Å². The van der Waals surface area contributed by atoms with E-state index in [4.69, 9.17) is 0 Å². The molecule has 25 heavy (non-hydrogen) atoms. The highest BCUT2D eigenvalue weighted by molar-refractivity contribution is 14.0. The van der Waals surface area contributed by atoms with Crippen molar-refractivity contribution in [3.8, 4) is 0 Å². The summed E-state index contributed by atoms with van der Waals surface area (Å²) in [5.74, 6) is 0.733. The molecule has 0 aliphatic heterocycles. The van der Waals surface area contributed by atoms with Crippen LogP contribution in [-0.2, 0) is 11.3 Å². The standard InChI is InChI=1S/C17H26F3N3O.HI/c1-4-21-16(22-10-7-11-24-13-17(18,19)20)23(3)12-15-9-6-5-8-14(15)2;/h5-6,8-9H,4,7,10-13H2,1-3H3,(H,21,22);1H. The summed E-state index contributed by atoms with van der Waals surface area (Å²) in [6.07, 6.45) is -3.82. The van der Waals surface area contributed by atoms with E-state index in [-0.39, 0.29) is 30.6 Å². The summed E-state index contributed by atoms with van der Waals surface area (Å²) < 4.78 is 40.5. The number of hydrogen-bond donors (Lipinski definition) is 1. The summed E-state index contributed by atoms with van der Waals surface area (Å²) in [6.45, 7) is 4.73. The fraction of sp³-hybridized carbons (Fsp3) is 0.588. The first-order chi connectivity index (χ1) is 11.3. The predicted molar refractivity (Wildman–Crippen MR) is 106 cm³/mol. The Morgan fingerprint density at radius 3 is 2.56 bits per heavy atom. The van der Waals surface area contributed by atoms with E-state index in [1.54, 1.807) is 0 Å². The van der Waals surface area contributed by atoms with E-state index in [2.05, 4.69) is 34.1 Å². The van der Waals surface area contributed by atoms with Crippen molar-refractivity contribution in [2.24, 2.45) is 4.99 Å². The van der Waals surface area contributed by atoms with Crippen molar-refractivity contribution in [1.29, 1.82) is 0 Å². The molecule has 8 heteroatoms. The van der Waals surface area contributed by atoms with Crippen LogP contribution in [0.4, 0.5) is 13.2 Å². The van der Waals surface area contributed by atoms with Gasteiger partial charge in [-0.3, -0.25) is 4.99 Å². The number of benzene rings is 1. The fourth-order valence-electron chi connectivity index (χ4n) is 2.13. The van der Waals surface area contributed by atoms with Gasteiger partial charge in [-0.25, -0.2) is 0 Å². The summed E-state index contributed by atoms with van der Waals surface area (Å²) in [7, 11) is 1.94. The summed E-state index contributed by atoms with van der Waals surface area (Å²) in [5.41, 5.74) is 2.42. The average molecular weight is 473 g/mol. The van der Waals surface area contributed by atoms with Crippen molar-refractivity contribution >= 4 is 29.9 Å². The van der Waals surface area contributed by atoms with E-state index in [0.717, 1.165) is 12.5 Å². The zero-order valence-electron chi connectivity index (χ0n) is 14.9. The van der Waals surface area contributed by atoms with Gasteiger partial charge in [-0.05, 0) is 31.4 Å². The number of guanidine groups is 1. The molecule has 0 spiro atoms. The van der Waals surface area contributed by atoms with E-state index < -0.39 is 12.8 Å². The number of rotatable bonds is 8. The Kier molecular flexibility index (Phi) is 11.8. The summed E-state index contributed by atoms with van der Waals surface area (Å²) in [6, 6.07) is 8.13. The van der Waals surface area contributed by atoms with Crippen LogP contribution in [0.1, 0.15) is 24.5 Å². The highest BCUT2D eigenvalue weighted by Crippen LogP contribution is 2.14. The van der Waals surface area contributed by atoms with Crippen molar-refractivity contribution in [2.45, 2.75) is 33.0 Å². The van der Waals surface area contributed by atoms with E-state index in [9.17, 15) is 13.2 Å². The Balaban J connectivity index is 0.00000576. The van der Waals surface area contributed by atoms with Gasteiger partial charge in [0.15, 0.2) is 5.96 Å². The molecule has 0 aliphatic rings. The van der Waals surface area contributed by atoms with E-state index in [1.165, 1.54) is 11.1 Å². The summed E-state index contributed by atoms with van der Waals surface area (Å²) in [4.78, 5) is 6.45. The molecule has 0 fully saturated rings. The molecule has 0 bridgehead atoms. The fourth-order valence-corrected chi connectivity index (χ4v) is 2.13. The van der Waals surface area contributed by atoms with Crippen LogP contribution in [-0.4, -0.2) is 50.4 Å². The molecule has 0 atom stereocenters. The van der Waals surface area contributed by atoms with Crippen LogP contribution < -0.4 is 5.32 Å². The van der Waals surface area contributed by atoms with Gasteiger partial charge >= 0.3 is 6.18 Å². The number of aryl methyl sites for hydroxylation is 1. The van der Waals surface area contributed by atoms with Gasteiger partial charge in [0.1, 0.15) is 6.61 Å². The number of nitrogens with zero attached hydrogens (tertiary/aromatic N) is 2. The summed E-state index contributed by atoms with van der Waals surface area (Å²) in [5, 5.41) is 3.19. The van der Waals surface area contributed by atoms with Gasteiger partial charge in [0.25, 0.3) is 0 Å². The Bertz CT molecular complexity index is 524. The Morgan fingerprint density at radius 2 is 1.96 bits per heavy atom. The minimum Gasteiger partial charge on any atom is -0.372 e. The van der Waals surface area contributed by atoms with Crippen molar-refractivity contribution in [3.05, 3.63) is 35.4 Å². The molecule has 0 amide bonds. The number of halogens is 4. The van der Waals surface area contributed by atoms with E-state index in [0.29, 0.717) is 19.5 Å². The number of alkyl halides is 3. The molecule has 0 radical (unpaired) electrons. The van der Waals surface area contributed by atoms with Crippen LogP contribution in [0.25, 0.3) is 0 Å². The second kappa shape index (κ2) is 12.3. The van der Waals surface area contributed by atoms with Crippen LogP contribution in [0, 0.1) is 6.92 Å². The molecule has 0 saturated heterocycles. The number of nitrogens with one attached hydrogen (secondary N) is 1. The topological polar surface area (TPSA) is 36.9 Å². The number of ether oxygens (including phenoxy) is 1. The summed E-state index contributed by atoms with van der Waals surface area (Å²) >= 11 is 0. The van der Waals surface area contributed by atoms with Crippen LogP contribution >= 0.6 is 24.0 Å². The molecule has 1 N–H and O–H groups in total. The minimum atomic E-state index is -4.27. The SMILES string of the molecule is CCNC(=NCCCOCC(F)(F)F)N(C)Cc1ccccc1C.I. The largest absolute Gasteiger partial charge is 0.411 e. The lowest BCUT2D eigenvalue weighted by Crippen LogP contribution is -2.38. The van der Waals surface area contributed by atoms with Gasteiger partial charge in [0.05, 0.1) is 0 Å². The third-order valence-corrected chi connectivity index (χ3v) is 3.34. The normalized spacial score (nSPS) is 11.8. The number of hydrogen-bond acceptors (Lipinski definition) is 2. The molecule has 1 rings (SSSR count).